The Morgan fingerprint density at radius 1 is 1.42 bits per heavy atom. The lowest BCUT2D eigenvalue weighted by atomic mass is 10.2. The molecule has 1 rings (SSSR count). The summed E-state index contributed by atoms with van der Waals surface area (Å²) in [5.41, 5.74) is 1.06. The number of ether oxygens (including phenoxy) is 1. The fourth-order valence-electron chi connectivity index (χ4n) is 0.985. The van der Waals surface area contributed by atoms with Crippen molar-refractivity contribution in [2.75, 3.05) is 6.61 Å². The molecule has 0 aromatic heterocycles. The molecule has 0 radical (unpaired) electrons. The van der Waals surface area contributed by atoms with Gasteiger partial charge < -0.3 is 4.74 Å². The van der Waals surface area contributed by atoms with Gasteiger partial charge in [-0.2, -0.15) is 12.6 Å². The van der Waals surface area contributed by atoms with Crippen LogP contribution in [0.4, 0.5) is 0 Å². The predicted molar refractivity (Wildman–Crippen MR) is 55.6 cm³/mol. The third-order valence-corrected chi connectivity index (χ3v) is 1.62. The monoisotopic (exact) mass is 180 g/mol. The van der Waals surface area contributed by atoms with E-state index in [2.05, 4.69) is 12.6 Å². The molecule has 0 heterocycles. The molecule has 0 unspecified atom stereocenters. The zero-order chi connectivity index (χ0) is 8.81. The minimum Gasteiger partial charge on any atom is -0.493 e. The van der Waals surface area contributed by atoms with Gasteiger partial charge >= 0.3 is 0 Å². The fourth-order valence-corrected chi connectivity index (χ4v) is 1.15. The summed E-state index contributed by atoms with van der Waals surface area (Å²) in [5, 5.41) is 1.71. The largest absolute Gasteiger partial charge is 0.493 e. The van der Waals surface area contributed by atoms with E-state index in [1.54, 1.807) is 5.41 Å². The Kier molecular flexibility index (Phi) is 3.74. The number of thiol groups is 1. The number of hydrogen-bond donors (Lipinski definition) is 1. The van der Waals surface area contributed by atoms with Crippen LogP contribution in [0.1, 0.15) is 12.5 Å². The molecule has 0 bridgehead atoms. The molecule has 0 atom stereocenters. The van der Waals surface area contributed by atoms with Crippen molar-refractivity contribution in [2.45, 2.75) is 6.92 Å². The molecule has 0 N–H and O–H groups in total. The first-order valence-electron chi connectivity index (χ1n) is 3.91. The molecule has 64 valence electrons. The summed E-state index contributed by atoms with van der Waals surface area (Å²) >= 11 is 4.01. The van der Waals surface area contributed by atoms with Crippen molar-refractivity contribution in [3.63, 3.8) is 0 Å². The highest BCUT2D eigenvalue weighted by molar-refractivity contribution is 7.83. The van der Waals surface area contributed by atoms with Crippen molar-refractivity contribution >= 4 is 18.7 Å². The molecular weight excluding hydrogens is 168 g/mol. The highest BCUT2D eigenvalue weighted by atomic mass is 32.1. The van der Waals surface area contributed by atoms with Gasteiger partial charge in [0.05, 0.1) is 6.61 Å². The molecule has 1 nitrogen and oxygen atoms in total. The van der Waals surface area contributed by atoms with Crippen molar-refractivity contribution in [1.29, 1.82) is 0 Å². The molecule has 0 saturated carbocycles. The smallest absolute Gasteiger partial charge is 0.126 e. The van der Waals surface area contributed by atoms with Crippen molar-refractivity contribution in [3.05, 3.63) is 35.2 Å². The van der Waals surface area contributed by atoms with Crippen molar-refractivity contribution in [1.82, 2.24) is 0 Å². The Balaban J connectivity index is 2.91. The first-order valence-corrected chi connectivity index (χ1v) is 4.42. The van der Waals surface area contributed by atoms with E-state index in [-0.39, 0.29) is 0 Å². The molecule has 0 aliphatic heterocycles. The first kappa shape index (κ1) is 9.20. The highest BCUT2D eigenvalue weighted by Gasteiger charge is 1.96. The van der Waals surface area contributed by atoms with E-state index in [1.165, 1.54) is 0 Å². The molecule has 0 amide bonds. The molecule has 1 aromatic rings. The van der Waals surface area contributed by atoms with E-state index in [4.69, 9.17) is 4.74 Å². The van der Waals surface area contributed by atoms with Gasteiger partial charge in [0.2, 0.25) is 0 Å². The second kappa shape index (κ2) is 4.88. The quantitative estimate of drug-likeness (QED) is 0.703. The Hall–Kier alpha value is -0.890. The molecule has 0 spiro atoms. The Morgan fingerprint density at radius 2 is 2.17 bits per heavy atom. The highest BCUT2D eigenvalue weighted by Crippen LogP contribution is 2.19. The molecule has 0 fully saturated rings. The van der Waals surface area contributed by atoms with E-state index >= 15 is 0 Å². The topological polar surface area (TPSA) is 9.23 Å². The lowest BCUT2D eigenvalue weighted by Crippen LogP contribution is -1.92. The van der Waals surface area contributed by atoms with Crippen LogP contribution in [0.5, 0.6) is 5.75 Å². The van der Waals surface area contributed by atoms with Crippen LogP contribution in [0.15, 0.2) is 29.7 Å². The molecule has 0 saturated heterocycles. The summed E-state index contributed by atoms with van der Waals surface area (Å²) in [6.07, 6.45) is 1.91. The number of para-hydroxylation sites is 1. The van der Waals surface area contributed by atoms with E-state index in [1.807, 2.05) is 37.3 Å². The second-order valence-corrected chi connectivity index (χ2v) is 2.58. The minimum absolute atomic E-state index is 0.692. The van der Waals surface area contributed by atoms with E-state index in [0.717, 1.165) is 11.3 Å². The van der Waals surface area contributed by atoms with Crippen molar-refractivity contribution in [2.24, 2.45) is 0 Å². The van der Waals surface area contributed by atoms with Crippen LogP contribution in [0.2, 0.25) is 0 Å². The third-order valence-electron chi connectivity index (χ3n) is 1.47. The van der Waals surface area contributed by atoms with Gasteiger partial charge in [0, 0.05) is 5.56 Å². The maximum Gasteiger partial charge on any atom is 0.126 e. The molecule has 2 heteroatoms. The van der Waals surface area contributed by atoms with Gasteiger partial charge in [-0.1, -0.05) is 18.2 Å². The summed E-state index contributed by atoms with van der Waals surface area (Å²) < 4.78 is 5.40. The molecule has 0 aliphatic carbocycles. The number of rotatable bonds is 3. The fraction of sp³-hybridized carbons (Fsp3) is 0.200. The average Bonchev–Trinajstić information content (AvgIpc) is 2.09. The van der Waals surface area contributed by atoms with Crippen LogP contribution in [0.3, 0.4) is 0 Å². The Morgan fingerprint density at radius 3 is 2.83 bits per heavy atom. The molecule has 12 heavy (non-hydrogen) atoms. The standard InChI is InChI=1S/C10H12OS/c1-2-11-10-6-4-3-5-9(10)7-8-12/h3-8,12H,2H2,1H3/b8-7-. The Bertz CT molecular complexity index is 268. The molecule has 0 aliphatic rings. The third kappa shape index (κ3) is 2.31. The second-order valence-electron chi connectivity index (χ2n) is 2.29. The van der Waals surface area contributed by atoms with Crippen LogP contribution in [0.25, 0.3) is 6.08 Å². The van der Waals surface area contributed by atoms with Gasteiger partial charge in [0.1, 0.15) is 5.75 Å². The minimum atomic E-state index is 0.692. The predicted octanol–water partition coefficient (Wildman–Crippen LogP) is 2.99. The van der Waals surface area contributed by atoms with Crippen LogP contribution in [0, 0.1) is 0 Å². The van der Waals surface area contributed by atoms with Crippen LogP contribution in [-0.4, -0.2) is 6.61 Å². The normalized spacial score (nSPS) is 10.5. The van der Waals surface area contributed by atoms with Crippen molar-refractivity contribution < 1.29 is 4.74 Å². The van der Waals surface area contributed by atoms with Gasteiger partial charge in [0.25, 0.3) is 0 Å². The lowest BCUT2D eigenvalue weighted by Gasteiger charge is -2.05. The van der Waals surface area contributed by atoms with Crippen LogP contribution < -0.4 is 4.74 Å². The summed E-state index contributed by atoms with van der Waals surface area (Å²) in [6.45, 7) is 2.67. The average molecular weight is 180 g/mol. The summed E-state index contributed by atoms with van der Waals surface area (Å²) in [6, 6.07) is 7.89. The lowest BCUT2D eigenvalue weighted by molar-refractivity contribution is 0.339. The van der Waals surface area contributed by atoms with Crippen LogP contribution in [-0.2, 0) is 0 Å². The zero-order valence-electron chi connectivity index (χ0n) is 7.03. The number of hydrogen-bond acceptors (Lipinski definition) is 2. The van der Waals surface area contributed by atoms with E-state index < -0.39 is 0 Å². The summed E-state index contributed by atoms with van der Waals surface area (Å²) in [5.74, 6) is 0.908. The Labute approximate surface area is 78.5 Å². The van der Waals surface area contributed by atoms with Gasteiger partial charge in [-0.15, -0.1) is 0 Å². The maximum absolute atomic E-state index is 5.40. The maximum atomic E-state index is 5.40. The van der Waals surface area contributed by atoms with Crippen LogP contribution >= 0.6 is 12.6 Å². The summed E-state index contributed by atoms with van der Waals surface area (Å²) in [4.78, 5) is 0. The van der Waals surface area contributed by atoms with Gasteiger partial charge in [0.15, 0.2) is 0 Å². The van der Waals surface area contributed by atoms with Gasteiger partial charge in [-0.05, 0) is 24.5 Å². The zero-order valence-corrected chi connectivity index (χ0v) is 7.92. The number of benzene rings is 1. The van der Waals surface area contributed by atoms with Gasteiger partial charge in [-0.3, -0.25) is 0 Å². The van der Waals surface area contributed by atoms with E-state index in [9.17, 15) is 0 Å². The van der Waals surface area contributed by atoms with Crippen molar-refractivity contribution in [3.8, 4) is 5.75 Å². The first-order chi connectivity index (χ1) is 5.88. The van der Waals surface area contributed by atoms with E-state index in [0.29, 0.717) is 6.61 Å². The SMILES string of the molecule is CCOc1ccccc1/C=C\S. The molecular formula is C10H12OS. The molecule has 1 aromatic carbocycles. The summed E-state index contributed by atoms with van der Waals surface area (Å²) in [7, 11) is 0. The van der Waals surface area contributed by atoms with Gasteiger partial charge in [-0.25, -0.2) is 0 Å².